The summed E-state index contributed by atoms with van der Waals surface area (Å²) in [4.78, 5) is 2.28. The first-order valence-corrected chi connectivity index (χ1v) is 6.45. The van der Waals surface area contributed by atoms with E-state index in [1.807, 2.05) is 24.3 Å². The van der Waals surface area contributed by atoms with Gasteiger partial charge in [-0.1, -0.05) is 0 Å². The summed E-state index contributed by atoms with van der Waals surface area (Å²) in [5.41, 5.74) is -3.62. The zero-order chi connectivity index (χ0) is 13.9. The molecule has 0 N–H and O–H groups in total. The van der Waals surface area contributed by atoms with Crippen LogP contribution in [0.15, 0.2) is 0 Å². The largest absolute Gasteiger partial charge is 0.300 e. The molecule has 0 aromatic rings. The Kier molecular flexibility index (Phi) is 2.06. The summed E-state index contributed by atoms with van der Waals surface area (Å²) in [6, 6.07) is 8.65. The van der Waals surface area contributed by atoms with Gasteiger partial charge in [0.25, 0.3) is 0 Å². The molecular weight excluding hydrogens is 238 g/mol. The third-order valence-electron chi connectivity index (χ3n) is 5.76. The second-order valence-corrected chi connectivity index (χ2v) is 5.99. The molecular formula is C14H13N5. The highest BCUT2D eigenvalue weighted by Gasteiger charge is 2.92. The normalized spacial score (nSPS) is 35.6. The summed E-state index contributed by atoms with van der Waals surface area (Å²) in [6.07, 6.45) is 3.29. The van der Waals surface area contributed by atoms with Crippen LogP contribution in [-0.4, -0.2) is 24.0 Å². The Labute approximate surface area is 112 Å². The van der Waals surface area contributed by atoms with Crippen LogP contribution in [0.3, 0.4) is 0 Å². The van der Waals surface area contributed by atoms with Crippen molar-refractivity contribution in [3.05, 3.63) is 0 Å². The van der Waals surface area contributed by atoms with Gasteiger partial charge < -0.3 is 4.90 Å². The lowest BCUT2D eigenvalue weighted by Crippen LogP contribution is -2.43. The number of hydrogen-bond donors (Lipinski definition) is 0. The van der Waals surface area contributed by atoms with Gasteiger partial charge in [-0.3, -0.25) is 0 Å². The van der Waals surface area contributed by atoms with E-state index in [-0.39, 0.29) is 0 Å². The number of piperidine rings is 1. The number of nitriles is 4. The van der Waals surface area contributed by atoms with E-state index in [2.05, 4.69) is 11.9 Å². The van der Waals surface area contributed by atoms with Crippen LogP contribution in [0.1, 0.15) is 25.7 Å². The van der Waals surface area contributed by atoms with E-state index in [1.165, 1.54) is 0 Å². The van der Waals surface area contributed by atoms with E-state index < -0.39 is 16.2 Å². The van der Waals surface area contributed by atoms with E-state index in [9.17, 15) is 21.0 Å². The van der Waals surface area contributed by atoms with Crippen molar-refractivity contribution in [1.29, 1.82) is 21.0 Å². The first-order valence-electron chi connectivity index (χ1n) is 6.45. The fourth-order valence-electron chi connectivity index (χ4n) is 4.59. The molecule has 2 atom stereocenters. The Morgan fingerprint density at radius 1 is 0.842 bits per heavy atom. The Morgan fingerprint density at radius 3 is 1.53 bits per heavy atom. The summed E-state index contributed by atoms with van der Waals surface area (Å²) >= 11 is 0. The molecule has 2 aliphatic heterocycles. The smallest absolute Gasteiger partial charge is 0.184 e. The third kappa shape index (κ3) is 0.920. The minimum atomic E-state index is -1.44. The molecule has 2 heterocycles. The van der Waals surface area contributed by atoms with Crippen LogP contribution in [0.2, 0.25) is 0 Å². The first-order chi connectivity index (χ1) is 9.08. The average Bonchev–Trinajstić information content (AvgIpc) is 2.87. The quantitative estimate of drug-likeness (QED) is 0.646. The molecule has 0 radical (unpaired) electrons. The second-order valence-electron chi connectivity index (χ2n) is 5.99. The van der Waals surface area contributed by atoms with Crippen molar-refractivity contribution in [2.45, 2.75) is 37.8 Å². The maximum absolute atomic E-state index is 9.44. The van der Waals surface area contributed by atoms with E-state index >= 15 is 0 Å². The second kappa shape index (κ2) is 3.27. The van der Waals surface area contributed by atoms with Crippen LogP contribution in [0.4, 0.5) is 0 Å². The Morgan fingerprint density at radius 2 is 1.21 bits per heavy atom. The Balaban J connectivity index is 2.13. The first kappa shape index (κ1) is 12.0. The highest BCUT2D eigenvalue weighted by atomic mass is 15.2. The van der Waals surface area contributed by atoms with Crippen molar-refractivity contribution >= 4 is 0 Å². The Bertz CT molecular complexity index is 526. The molecule has 0 aromatic carbocycles. The molecule has 0 aromatic heterocycles. The van der Waals surface area contributed by atoms with Crippen LogP contribution < -0.4 is 0 Å². The predicted molar refractivity (Wildman–Crippen MR) is 63.6 cm³/mol. The summed E-state index contributed by atoms with van der Waals surface area (Å²) in [7, 11) is 2.05. The molecule has 3 rings (SSSR count). The minimum Gasteiger partial charge on any atom is -0.300 e. The van der Waals surface area contributed by atoms with Crippen molar-refractivity contribution < 1.29 is 0 Å². The van der Waals surface area contributed by atoms with Crippen molar-refractivity contribution in [2.24, 2.45) is 16.2 Å². The van der Waals surface area contributed by atoms with Crippen LogP contribution in [0.5, 0.6) is 0 Å². The van der Waals surface area contributed by atoms with Gasteiger partial charge in [-0.25, -0.2) is 0 Å². The highest BCUT2D eigenvalue weighted by Crippen LogP contribution is 2.82. The fourth-order valence-corrected chi connectivity index (χ4v) is 4.59. The maximum Gasteiger partial charge on any atom is 0.184 e. The molecule has 0 unspecified atom stereocenters. The summed E-state index contributed by atoms with van der Waals surface area (Å²) in [6.45, 7) is 0. The SMILES string of the molecule is CN1[C@H]2CC[C@H]1CC1(C2)C(C#N)(C#N)C1(C#N)C#N. The van der Waals surface area contributed by atoms with Crippen LogP contribution >= 0.6 is 0 Å². The van der Waals surface area contributed by atoms with Crippen molar-refractivity contribution in [2.75, 3.05) is 7.05 Å². The summed E-state index contributed by atoms with van der Waals surface area (Å²) in [5, 5.41) is 37.8. The zero-order valence-corrected chi connectivity index (χ0v) is 10.7. The zero-order valence-electron chi connectivity index (χ0n) is 10.7. The number of nitrogens with zero attached hydrogens (tertiary/aromatic N) is 5. The van der Waals surface area contributed by atoms with E-state index in [0.717, 1.165) is 12.8 Å². The molecule has 2 bridgehead atoms. The van der Waals surface area contributed by atoms with Crippen molar-refractivity contribution in [3.8, 4) is 24.3 Å². The van der Waals surface area contributed by atoms with Gasteiger partial charge in [-0.15, -0.1) is 0 Å². The maximum atomic E-state index is 9.44. The molecule has 1 aliphatic carbocycles. The van der Waals surface area contributed by atoms with Crippen LogP contribution in [-0.2, 0) is 0 Å². The average molecular weight is 251 g/mol. The van der Waals surface area contributed by atoms with Gasteiger partial charge in [-0.05, 0) is 32.7 Å². The fraction of sp³-hybridized carbons (Fsp3) is 0.714. The van der Waals surface area contributed by atoms with Gasteiger partial charge in [0.2, 0.25) is 0 Å². The summed E-state index contributed by atoms with van der Waals surface area (Å²) < 4.78 is 0. The standard InChI is InChI=1S/C14H13N5/c1-19-10-2-3-11(19)5-12(4-10)13(6-15,7-16)14(12,8-17)9-18/h10-11H,2-5H2,1H3/t10-,11-/m0/s1. The van der Waals surface area contributed by atoms with E-state index in [1.54, 1.807) is 0 Å². The monoisotopic (exact) mass is 251 g/mol. The van der Waals surface area contributed by atoms with Crippen LogP contribution in [0, 0.1) is 61.6 Å². The number of hydrogen-bond acceptors (Lipinski definition) is 5. The van der Waals surface area contributed by atoms with Crippen molar-refractivity contribution in [1.82, 2.24) is 4.90 Å². The predicted octanol–water partition coefficient (Wildman–Crippen LogP) is 1.31. The molecule has 94 valence electrons. The highest BCUT2D eigenvalue weighted by molar-refractivity contribution is 5.57. The van der Waals surface area contributed by atoms with Crippen molar-refractivity contribution in [3.63, 3.8) is 0 Å². The molecule has 0 amide bonds. The van der Waals surface area contributed by atoms with Gasteiger partial charge in [0.1, 0.15) is 0 Å². The summed E-state index contributed by atoms with van der Waals surface area (Å²) in [5.74, 6) is 0. The van der Waals surface area contributed by atoms with Gasteiger partial charge in [0.15, 0.2) is 10.8 Å². The number of fused-ring (bicyclic) bond motifs is 2. The molecule has 5 heteroatoms. The van der Waals surface area contributed by atoms with Gasteiger partial charge in [0.05, 0.1) is 24.3 Å². The lowest BCUT2D eigenvalue weighted by Gasteiger charge is -2.37. The molecule has 3 fully saturated rings. The van der Waals surface area contributed by atoms with Gasteiger partial charge in [0, 0.05) is 17.5 Å². The topological polar surface area (TPSA) is 98.4 Å². The third-order valence-corrected chi connectivity index (χ3v) is 5.76. The molecule has 1 saturated carbocycles. The van der Waals surface area contributed by atoms with E-state index in [0.29, 0.717) is 24.9 Å². The lowest BCUT2D eigenvalue weighted by atomic mass is 9.79. The molecule has 1 spiro atoms. The molecule has 3 aliphatic rings. The number of rotatable bonds is 0. The Hall–Kier alpha value is -2.08. The molecule has 5 nitrogen and oxygen atoms in total. The van der Waals surface area contributed by atoms with E-state index in [4.69, 9.17) is 0 Å². The molecule has 2 saturated heterocycles. The molecule has 19 heavy (non-hydrogen) atoms. The minimum absolute atomic E-state index is 0.295. The van der Waals surface area contributed by atoms with Gasteiger partial charge >= 0.3 is 0 Å². The van der Waals surface area contributed by atoms with Crippen LogP contribution in [0.25, 0.3) is 0 Å². The van der Waals surface area contributed by atoms with Gasteiger partial charge in [-0.2, -0.15) is 21.0 Å². The lowest BCUT2D eigenvalue weighted by molar-refractivity contribution is 0.104.